The minimum atomic E-state index is -1.04. The minimum Gasteiger partial charge on any atom is -0.481 e. The van der Waals surface area contributed by atoms with Crippen molar-refractivity contribution in [3.63, 3.8) is 0 Å². The molecule has 0 aliphatic heterocycles. The predicted molar refractivity (Wildman–Crippen MR) is 66.1 cm³/mol. The summed E-state index contributed by atoms with van der Waals surface area (Å²) in [5.74, 6) is -1.04. The van der Waals surface area contributed by atoms with E-state index in [4.69, 9.17) is 9.84 Å². The van der Waals surface area contributed by atoms with E-state index < -0.39 is 18.1 Å². The highest BCUT2D eigenvalue weighted by atomic mass is 16.5. The van der Waals surface area contributed by atoms with E-state index in [1.165, 1.54) is 0 Å². The molecule has 2 N–H and O–H groups in total. The number of hydrogen-bond acceptors (Lipinski definition) is 4. The van der Waals surface area contributed by atoms with Crippen LogP contribution in [0.2, 0.25) is 0 Å². The van der Waals surface area contributed by atoms with Crippen molar-refractivity contribution in [3.8, 4) is 0 Å². The zero-order chi connectivity index (χ0) is 14.1. The first-order chi connectivity index (χ1) is 9.11. The number of rotatable bonds is 7. The summed E-state index contributed by atoms with van der Waals surface area (Å²) in [6, 6.07) is 8.07. The summed E-state index contributed by atoms with van der Waals surface area (Å²) >= 11 is 0. The molecule has 0 fully saturated rings. The van der Waals surface area contributed by atoms with Crippen LogP contribution in [-0.2, 0) is 20.9 Å². The number of carbonyl (C=O) groups excluding carboxylic acids is 2. The SMILES string of the molecule is O=[C][C@H](CCC(=O)O)NC(=O)OCc1ccccc1. The zero-order valence-electron chi connectivity index (χ0n) is 10.2. The second-order valence-corrected chi connectivity index (χ2v) is 3.81. The topological polar surface area (TPSA) is 92.7 Å². The number of carboxylic acids is 1. The lowest BCUT2D eigenvalue weighted by atomic mass is 10.2. The normalized spacial score (nSPS) is 11.4. The second-order valence-electron chi connectivity index (χ2n) is 3.81. The molecule has 19 heavy (non-hydrogen) atoms. The van der Waals surface area contributed by atoms with Crippen molar-refractivity contribution in [2.75, 3.05) is 0 Å². The van der Waals surface area contributed by atoms with Crippen molar-refractivity contribution in [3.05, 3.63) is 35.9 Å². The van der Waals surface area contributed by atoms with Crippen LogP contribution in [-0.4, -0.2) is 29.5 Å². The van der Waals surface area contributed by atoms with E-state index in [1.807, 2.05) is 18.2 Å². The van der Waals surface area contributed by atoms with Gasteiger partial charge in [0.05, 0.1) is 6.04 Å². The highest BCUT2D eigenvalue weighted by Crippen LogP contribution is 2.01. The Morgan fingerprint density at radius 3 is 2.58 bits per heavy atom. The summed E-state index contributed by atoms with van der Waals surface area (Å²) < 4.78 is 4.89. The maximum absolute atomic E-state index is 11.4. The van der Waals surface area contributed by atoms with Gasteiger partial charge < -0.3 is 15.2 Å². The van der Waals surface area contributed by atoms with Crippen molar-refractivity contribution in [2.24, 2.45) is 0 Å². The van der Waals surface area contributed by atoms with E-state index in [9.17, 15) is 14.4 Å². The van der Waals surface area contributed by atoms with Crippen LogP contribution in [0.3, 0.4) is 0 Å². The molecule has 6 nitrogen and oxygen atoms in total. The summed E-state index contributed by atoms with van der Waals surface area (Å²) in [5, 5.41) is 10.7. The van der Waals surface area contributed by atoms with E-state index in [0.29, 0.717) is 0 Å². The Kier molecular flexibility index (Phi) is 6.08. The maximum Gasteiger partial charge on any atom is 0.408 e. The van der Waals surface area contributed by atoms with Crippen LogP contribution >= 0.6 is 0 Å². The number of nitrogens with one attached hydrogen (secondary N) is 1. The van der Waals surface area contributed by atoms with E-state index >= 15 is 0 Å². The third-order valence-electron chi connectivity index (χ3n) is 2.29. The molecular formula is C13H14NO5. The Balaban J connectivity index is 2.32. The number of benzene rings is 1. The smallest absolute Gasteiger partial charge is 0.408 e. The van der Waals surface area contributed by atoms with Crippen LogP contribution < -0.4 is 5.32 Å². The van der Waals surface area contributed by atoms with Crippen molar-refractivity contribution >= 4 is 18.3 Å². The molecule has 0 heterocycles. The second kappa shape index (κ2) is 7.86. The molecule has 101 valence electrons. The lowest BCUT2D eigenvalue weighted by molar-refractivity contribution is -0.137. The Hall–Kier alpha value is -2.37. The molecule has 0 aromatic heterocycles. The molecular weight excluding hydrogens is 250 g/mol. The number of alkyl carbamates (subject to hydrolysis) is 1. The van der Waals surface area contributed by atoms with Gasteiger partial charge in [-0.25, -0.2) is 4.79 Å². The molecule has 6 heteroatoms. The number of amides is 1. The first-order valence-electron chi connectivity index (χ1n) is 5.68. The number of aliphatic carboxylic acids is 1. The van der Waals surface area contributed by atoms with Crippen LogP contribution in [0.15, 0.2) is 30.3 Å². The summed E-state index contributed by atoms with van der Waals surface area (Å²) in [5.41, 5.74) is 0.815. The summed E-state index contributed by atoms with van der Waals surface area (Å²) in [6.45, 7) is 0.0805. The highest BCUT2D eigenvalue weighted by Gasteiger charge is 2.14. The highest BCUT2D eigenvalue weighted by molar-refractivity contribution is 5.74. The first-order valence-corrected chi connectivity index (χ1v) is 5.68. The van der Waals surface area contributed by atoms with E-state index in [0.717, 1.165) is 5.56 Å². The molecule has 1 rings (SSSR count). The van der Waals surface area contributed by atoms with E-state index in [-0.39, 0.29) is 19.4 Å². The molecule has 1 radical (unpaired) electrons. The monoisotopic (exact) mass is 264 g/mol. The Morgan fingerprint density at radius 1 is 1.32 bits per heavy atom. The zero-order valence-corrected chi connectivity index (χ0v) is 10.2. The minimum absolute atomic E-state index is 0.0146. The molecule has 1 aromatic rings. The predicted octanol–water partition coefficient (Wildman–Crippen LogP) is 1.26. The van der Waals surface area contributed by atoms with Crippen molar-refractivity contribution in [1.29, 1.82) is 0 Å². The lowest BCUT2D eigenvalue weighted by Gasteiger charge is -2.11. The van der Waals surface area contributed by atoms with Crippen LogP contribution in [0.25, 0.3) is 0 Å². The molecule has 0 saturated carbocycles. The standard InChI is InChI=1S/C13H14NO5/c15-8-11(6-7-12(16)17)14-13(18)19-9-10-4-2-1-3-5-10/h1-5,11H,6-7,9H2,(H,14,18)(H,16,17)/t11-/m0/s1. The fourth-order valence-corrected chi connectivity index (χ4v) is 1.34. The third-order valence-corrected chi connectivity index (χ3v) is 2.29. The molecule has 0 saturated heterocycles. The molecule has 0 aliphatic carbocycles. The number of hydrogen-bond donors (Lipinski definition) is 2. The van der Waals surface area contributed by atoms with Gasteiger partial charge in [-0.05, 0) is 12.0 Å². The van der Waals surface area contributed by atoms with Crippen molar-refractivity contribution in [2.45, 2.75) is 25.5 Å². The average molecular weight is 264 g/mol. The van der Waals surface area contributed by atoms with Gasteiger partial charge in [-0.1, -0.05) is 30.3 Å². The molecule has 1 aromatic carbocycles. The summed E-state index contributed by atoms with van der Waals surface area (Å²) in [6.07, 6.45) is 0.548. The van der Waals surface area contributed by atoms with Gasteiger partial charge in [-0.2, -0.15) is 0 Å². The van der Waals surface area contributed by atoms with Gasteiger partial charge in [0.25, 0.3) is 0 Å². The molecule has 0 aliphatic rings. The Morgan fingerprint density at radius 2 is 2.00 bits per heavy atom. The molecule has 0 bridgehead atoms. The van der Waals surface area contributed by atoms with Crippen molar-refractivity contribution in [1.82, 2.24) is 5.32 Å². The van der Waals surface area contributed by atoms with Crippen LogP contribution in [0.5, 0.6) is 0 Å². The molecule has 0 unspecified atom stereocenters. The fourth-order valence-electron chi connectivity index (χ4n) is 1.34. The number of ether oxygens (including phenoxy) is 1. The van der Waals surface area contributed by atoms with Gasteiger partial charge >= 0.3 is 12.1 Å². The van der Waals surface area contributed by atoms with Crippen LogP contribution in [0, 0.1) is 0 Å². The van der Waals surface area contributed by atoms with E-state index in [1.54, 1.807) is 18.4 Å². The molecule has 1 amide bonds. The van der Waals surface area contributed by atoms with Gasteiger partial charge in [0, 0.05) is 6.42 Å². The maximum atomic E-state index is 11.4. The molecule has 1 atom stereocenters. The average Bonchev–Trinajstić information content (AvgIpc) is 2.42. The van der Waals surface area contributed by atoms with Crippen molar-refractivity contribution < 1.29 is 24.2 Å². The van der Waals surface area contributed by atoms with Crippen LogP contribution in [0.1, 0.15) is 18.4 Å². The third kappa shape index (κ3) is 6.21. The molecule has 0 spiro atoms. The lowest BCUT2D eigenvalue weighted by Crippen LogP contribution is -2.36. The van der Waals surface area contributed by atoms with E-state index in [2.05, 4.69) is 5.32 Å². The number of carboxylic acid groups (broad SMARTS) is 1. The van der Waals surface area contributed by atoms with Gasteiger partial charge in [0.1, 0.15) is 6.61 Å². The van der Waals surface area contributed by atoms with Crippen LogP contribution in [0.4, 0.5) is 4.79 Å². The number of carbonyl (C=O) groups is 2. The van der Waals surface area contributed by atoms with Gasteiger partial charge in [-0.15, -0.1) is 0 Å². The van der Waals surface area contributed by atoms with Gasteiger partial charge in [0.2, 0.25) is 6.29 Å². The Labute approximate surface area is 110 Å². The summed E-state index contributed by atoms with van der Waals surface area (Å²) in [4.78, 5) is 32.3. The van der Waals surface area contributed by atoms with Gasteiger partial charge in [-0.3, -0.25) is 9.59 Å². The first kappa shape index (κ1) is 14.7. The summed E-state index contributed by atoms with van der Waals surface area (Å²) in [7, 11) is 0. The Bertz CT molecular complexity index is 432. The fraction of sp³-hybridized carbons (Fsp3) is 0.308. The quantitative estimate of drug-likeness (QED) is 0.773. The largest absolute Gasteiger partial charge is 0.481 e. The van der Waals surface area contributed by atoms with Gasteiger partial charge in [0.15, 0.2) is 0 Å².